The van der Waals surface area contributed by atoms with Crippen molar-refractivity contribution in [1.29, 1.82) is 0 Å². The molecule has 0 amide bonds. The summed E-state index contributed by atoms with van der Waals surface area (Å²) in [6.07, 6.45) is 0. The van der Waals surface area contributed by atoms with Crippen LogP contribution in [-0.2, 0) is 6.54 Å². The largest absolute Gasteiger partial charge is 0.454 e. The third-order valence-electron chi connectivity index (χ3n) is 1.80. The smallest absolute Gasteiger partial charge is 0.231 e. The number of nitrogens with zero attached hydrogens (tertiary/aromatic N) is 3. The molecule has 0 N–H and O–H groups in total. The van der Waals surface area contributed by atoms with Crippen LogP contribution in [-0.4, -0.2) is 6.79 Å². The van der Waals surface area contributed by atoms with E-state index < -0.39 is 0 Å². The highest BCUT2D eigenvalue weighted by atomic mass is 35.5. The molecular weight excluding hydrogens is 206 g/mol. The van der Waals surface area contributed by atoms with E-state index in [1.165, 1.54) is 0 Å². The molecule has 1 aromatic rings. The second kappa shape index (κ2) is 3.65. The van der Waals surface area contributed by atoms with E-state index in [1.54, 1.807) is 12.1 Å². The summed E-state index contributed by atoms with van der Waals surface area (Å²) in [5.74, 6) is 1.15. The SMILES string of the molecule is [N-]=[N+]=NCc1cc(Cl)c2c(c1)OCO2. The number of hydrogen-bond acceptors (Lipinski definition) is 3. The average Bonchev–Trinajstić information content (AvgIpc) is 2.63. The molecule has 0 bridgehead atoms. The fraction of sp³-hybridized carbons (Fsp3) is 0.250. The maximum atomic E-state index is 8.16. The second-order valence-electron chi connectivity index (χ2n) is 2.70. The van der Waals surface area contributed by atoms with E-state index in [9.17, 15) is 0 Å². The number of hydrogen-bond donors (Lipinski definition) is 0. The van der Waals surface area contributed by atoms with Crippen molar-refractivity contribution in [2.24, 2.45) is 5.11 Å². The first-order chi connectivity index (χ1) is 6.81. The van der Waals surface area contributed by atoms with Gasteiger partial charge in [-0.2, -0.15) is 0 Å². The summed E-state index contributed by atoms with van der Waals surface area (Å²) in [4.78, 5) is 2.66. The summed E-state index contributed by atoms with van der Waals surface area (Å²) < 4.78 is 10.3. The molecule has 0 saturated carbocycles. The van der Waals surface area contributed by atoms with E-state index in [1.807, 2.05) is 0 Å². The van der Waals surface area contributed by atoms with Crippen LogP contribution >= 0.6 is 11.6 Å². The van der Waals surface area contributed by atoms with Crippen LogP contribution in [0, 0.1) is 0 Å². The number of fused-ring (bicyclic) bond motifs is 1. The highest BCUT2D eigenvalue weighted by molar-refractivity contribution is 6.32. The summed E-state index contributed by atoms with van der Waals surface area (Å²) in [6.45, 7) is 0.437. The van der Waals surface area contributed by atoms with Crippen molar-refractivity contribution in [1.82, 2.24) is 0 Å². The van der Waals surface area contributed by atoms with Crippen molar-refractivity contribution in [2.75, 3.05) is 6.79 Å². The van der Waals surface area contributed by atoms with Crippen LogP contribution < -0.4 is 9.47 Å². The van der Waals surface area contributed by atoms with Crippen molar-refractivity contribution in [3.63, 3.8) is 0 Å². The first-order valence-electron chi connectivity index (χ1n) is 3.90. The molecule has 1 aromatic carbocycles. The lowest BCUT2D eigenvalue weighted by Gasteiger charge is -2.01. The van der Waals surface area contributed by atoms with Crippen LogP contribution in [0.4, 0.5) is 0 Å². The Morgan fingerprint density at radius 2 is 2.36 bits per heavy atom. The topological polar surface area (TPSA) is 67.2 Å². The van der Waals surface area contributed by atoms with Gasteiger partial charge < -0.3 is 9.47 Å². The molecule has 0 spiro atoms. The molecule has 0 fully saturated rings. The van der Waals surface area contributed by atoms with Crippen molar-refractivity contribution in [3.05, 3.63) is 33.2 Å². The highest BCUT2D eigenvalue weighted by Gasteiger charge is 2.17. The maximum absolute atomic E-state index is 8.16. The predicted molar refractivity (Wildman–Crippen MR) is 50.4 cm³/mol. The Morgan fingerprint density at radius 1 is 1.50 bits per heavy atom. The number of rotatable bonds is 2. The van der Waals surface area contributed by atoms with Gasteiger partial charge in [-0.1, -0.05) is 16.7 Å². The van der Waals surface area contributed by atoms with Crippen LogP contribution in [0.5, 0.6) is 11.5 Å². The van der Waals surface area contributed by atoms with E-state index in [-0.39, 0.29) is 13.3 Å². The lowest BCUT2D eigenvalue weighted by molar-refractivity contribution is 0.174. The van der Waals surface area contributed by atoms with Gasteiger partial charge in [0.2, 0.25) is 6.79 Å². The highest BCUT2D eigenvalue weighted by Crippen LogP contribution is 2.39. The van der Waals surface area contributed by atoms with E-state index >= 15 is 0 Å². The standard InChI is InChI=1S/C8H6ClN3O2/c9-6-1-5(3-11-12-10)2-7-8(6)14-4-13-7/h1-2H,3-4H2. The summed E-state index contributed by atoms with van der Waals surface area (Å²) in [6, 6.07) is 3.45. The molecule has 0 aromatic heterocycles. The quantitative estimate of drug-likeness (QED) is 0.429. The molecule has 6 heteroatoms. The third kappa shape index (κ3) is 1.55. The molecule has 2 rings (SSSR count). The van der Waals surface area contributed by atoms with Crippen molar-refractivity contribution < 1.29 is 9.47 Å². The molecule has 1 heterocycles. The zero-order valence-electron chi connectivity index (χ0n) is 7.11. The first kappa shape index (κ1) is 8.99. The van der Waals surface area contributed by atoms with Gasteiger partial charge in [0.1, 0.15) is 0 Å². The number of azide groups is 1. The van der Waals surface area contributed by atoms with Gasteiger partial charge in [0.05, 0.1) is 11.6 Å². The van der Waals surface area contributed by atoms with Gasteiger partial charge in [-0.25, -0.2) is 0 Å². The molecule has 0 unspecified atom stereocenters. The van der Waals surface area contributed by atoms with Crippen LogP contribution in [0.15, 0.2) is 17.2 Å². The van der Waals surface area contributed by atoms with Crippen molar-refractivity contribution >= 4 is 11.6 Å². The van der Waals surface area contributed by atoms with Gasteiger partial charge in [-0.3, -0.25) is 0 Å². The molecule has 14 heavy (non-hydrogen) atoms. The Morgan fingerprint density at radius 3 is 3.14 bits per heavy atom. The minimum Gasteiger partial charge on any atom is -0.454 e. The lowest BCUT2D eigenvalue weighted by Crippen LogP contribution is -1.93. The van der Waals surface area contributed by atoms with Gasteiger partial charge >= 0.3 is 0 Å². The Bertz CT molecular complexity index is 415. The van der Waals surface area contributed by atoms with Gasteiger partial charge in [-0.05, 0) is 23.2 Å². The molecule has 5 nitrogen and oxygen atoms in total. The minimum atomic E-state index is 0.181. The molecule has 1 aliphatic heterocycles. The zero-order chi connectivity index (χ0) is 9.97. The Labute approximate surface area is 84.8 Å². The lowest BCUT2D eigenvalue weighted by atomic mass is 10.2. The van der Waals surface area contributed by atoms with Gasteiger partial charge in [-0.15, -0.1) is 0 Å². The molecular formula is C8H6ClN3O2. The zero-order valence-corrected chi connectivity index (χ0v) is 7.86. The summed E-state index contributed by atoms with van der Waals surface area (Å²) in [5.41, 5.74) is 8.96. The Balaban J connectivity index is 2.36. The van der Waals surface area contributed by atoms with E-state index in [2.05, 4.69) is 10.0 Å². The maximum Gasteiger partial charge on any atom is 0.231 e. The number of ether oxygens (including phenoxy) is 2. The molecule has 0 saturated heterocycles. The molecule has 0 atom stereocenters. The fourth-order valence-corrected chi connectivity index (χ4v) is 1.51. The predicted octanol–water partition coefficient (Wildman–Crippen LogP) is 2.88. The fourth-order valence-electron chi connectivity index (χ4n) is 1.23. The molecule has 0 radical (unpaired) electrons. The summed E-state index contributed by atoms with van der Waals surface area (Å²) in [7, 11) is 0. The van der Waals surface area contributed by atoms with Crippen LogP contribution in [0.3, 0.4) is 0 Å². The first-order valence-corrected chi connectivity index (χ1v) is 4.28. The van der Waals surface area contributed by atoms with E-state index in [0.29, 0.717) is 16.5 Å². The van der Waals surface area contributed by atoms with E-state index in [4.69, 9.17) is 26.6 Å². The van der Waals surface area contributed by atoms with Gasteiger partial charge in [0, 0.05) is 4.91 Å². The summed E-state index contributed by atoms with van der Waals surface area (Å²) >= 11 is 5.91. The van der Waals surface area contributed by atoms with Crippen LogP contribution in [0.2, 0.25) is 5.02 Å². The molecule has 0 aliphatic carbocycles. The van der Waals surface area contributed by atoms with Crippen molar-refractivity contribution in [2.45, 2.75) is 6.54 Å². The average molecular weight is 212 g/mol. The second-order valence-corrected chi connectivity index (χ2v) is 3.11. The minimum absolute atomic E-state index is 0.181. The third-order valence-corrected chi connectivity index (χ3v) is 2.08. The van der Waals surface area contributed by atoms with Crippen LogP contribution in [0.25, 0.3) is 10.4 Å². The number of halogens is 1. The Kier molecular flexibility index (Phi) is 2.35. The van der Waals surface area contributed by atoms with Gasteiger partial charge in [0.25, 0.3) is 0 Å². The van der Waals surface area contributed by atoms with E-state index in [0.717, 1.165) is 5.56 Å². The normalized spacial score (nSPS) is 12.4. The monoisotopic (exact) mass is 211 g/mol. The molecule has 1 aliphatic rings. The number of benzene rings is 1. The Hall–Kier alpha value is -1.58. The summed E-state index contributed by atoms with van der Waals surface area (Å²) in [5, 5.41) is 3.91. The van der Waals surface area contributed by atoms with Crippen molar-refractivity contribution in [3.8, 4) is 11.5 Å². The van der Waals surface area contributed by atoms with Gasteiger partial charge in [0.15, 0.2) is 11.5 Å². The molecule has 72 valence electrons. The van der Waals surface area contributed by atoms with Crippen LogP contribution in [0.1, 0.15) is 5.56 Å².